The van der Waals surface area contributed by atoms with Crippen molar-refractivity contribution in [3.8, 4) is 0 Å². The fourth-order valence-corrected chi connectivity index (χ4v) is 2.59. The molecule has 1 fully saturated rings. The van der Waals surface area contributed by atoms with Crippen LogP contribution in [0.15, 0.2) is 24.3 Å². The second kappa shape index (κ2) is 6.92. The van der Waals surface area contributed by atoms with E-state index in [4.69, 9.17) is 11.6 Å². The van der Waals surface area contributed by atoms with Crippen LogP contribution in [0.1, 0.15) is 37.8 Å². The molecule has 0 spiro atoms. The molecule has 0 saturated carbocycles. The Hall–Kier alpha value is -1.06. The number of nitrogens with one attached hydrogen (secondary N) is 1. The number of likely N-dealkylation sites (tertiary alicyclic amines) is 1. The van der Waals surface area contributed by atoms with Crippen molar-refractivity contribution in [2.24, 2.45) is 0 Å². The van der Waals surface area contributed by atoms with Crippen LogP contribution < -0.4 is 5.32 Å². The van der Waals surface area contributed by atoms with Crippen molar-refractivity contribution in [1.29, 1.82) is 0 Å². The van der Waals surface area contributed by atoms with Crippen LogP contribution in [0, 0.1) is 0 Å². The molecule has 4 heteroatoms. The van der Waals surface area contributed by atoms with Crippen molar-refractivity contribution in [1.82, 2.24) is 10.2 Å². The molecule has 1 atom stereocenters. The highest BCUT2D eigenvalue weighted by Crippen LogP contribution is 2.17. The number of hydrogen-bond acceptors (Lipinski definition) is 2. The highest BCUT2D eigenvalue weighted by atomic mass is 35.5. The summed E-state index contributed by atoms with van der Waals surface area (Å²) in [4.78, 5) is 14.0. The summed E-state index contributed by atoms with van der Waals surface area (Å²) >= 11 is 5.97. The molecule has 1 aliphatic rings. The van der Waals surface area contributed by atoms with Gasteiger partial charge in [-0.3, -0.25) is 4.79 Å². The van der Waals surface area contributed by atoms with E-state index < -0.39 is 0 Å². The molecule has 1 saturated heterocycles. The summed E-state index contributed by atoms with van der Waals surface area (Å²) in [6.07, 6.45) is 3.52. The van der Waals surface area contributed by atoms with Crippen LogP contribution >= 0.6 is 11.6 Å². The van der Waals surface area contributed by atoms with Gasteiger partial charge in [0.2, 0.25) is 5.91 Å². The van der Waals surface area contributed by atoms with E-state index in [1.165, 1.54) is 6.42 Å². The normalized spacial score (nSPS) is 17.3. The van der Waals surface area contributed by atoms with Gasteiger partial charge in [0.25, 0.3) is 0 Å². The summed E-state index contributed by atoms with van der Waals surface area (Å²) in [5.41, 5.74) is 1.11. The molecule has 0 radical (unpaired) electrons. The third kappa shape index (κ3) is 4.22. The average Bonchev–Trinajstić information content (AvgIpc) is 2.45. The first-order valence-electron chi connectivity index (χ1n) is 6.93. The first-order valence-corrected chi connectivity index (χ1v) is 7.31. The van der Waals surface area contributed by atoms with Crippen LogP contribution in [-0.4, -0.2) is 30.4 Å². The molecular weight excluding hydrogens is 260 g/mol. The van der Waals surface area contributed by atoms with Gasteiger partial charge in [-0.05, 0) is 43.9 Å². The maximum Gasteiger partial charge on any atom is 0.236 e. The Kier molecular flexibility index (Phi) is 5.23. The molecule has 0 bridgehead atoms. The van der Waals surface area contributed by atoms with Gasteiger partial charge in [0.1, 0.15) is 0 Å². The zero-order valence-electron chi connectivity index (χ0n) is 11.4. The maximum atomic E-state index is 12.0. The molecule has 1 aromatic rings. The van der Waals surface area contributed by atoms with Gasteiger partial charge < -0.3 is 10.2 Å². The molecule has 0 aromatic heterocycles. The fraction of sp³-hybridized carbons (Fsp3) is 0.533. The second-order valence-electron chi connectivity index (χ2n) is 5.10. The molecule has 1 aliphatic heterocycles. The molecule has 1 amide bonds. The molecule has 104 valence electrons. The number of halogens is 1. The smallest absolute Gasteiger partial charge is 0.236 e. The predicted molar refractivity (Wildman–Crippen MR) is 78.3 cm³/mol. The summed E-state index contributed by atoms with van der Waals surface area (Å²) in [5.74, 6) is 0.202. The number of carbonyl (C=O) groups excluding carboxylic acids is 1. The minimum absolute atomic E-state index is 0.132. The van der Waals surface area contributed by atoms with Crippen molar-refractivity contribution < 1.29 is 4.79 Å². The van der Waals surface area contributed by atoms with Gasteiger partial charge in [0.05, 0.1) is 6.54 Å². The van der Waals surface area contributed by atoms with Gasteiger partial charge in [-0.1, -0.05) is 23.7 Å². The van der Waals surface area contributed by atoms with Crippen molar-refractivity contribution in [3.05, 3.63) is 34.9 Å². The van der Waals surface area contributed by atoms with E-state index >= 15 is 0 Å². The van der Waals surface area contributed by atoms with E-state index in [2.05, 4.69) is 12.2 Å². The van der Waals surface area contributed by atoms with Crippen LogP contribution in [0.2, 0.25) is 5.02 Å². The SMILES string of the molecule is C[C@H](NCC(=O)N1CCCCC1)c1cccc(Cl)c1. The number of rotatable bonds is 4. The third-order valence-electron chi connectivity index (χ3n) is 3.62. The van der Waals surface area contributed by atoms with E-state index in [9.17, 15) is 4.79 Å². The van der Waals surface area contributed by atoms with Gasteiger partial charge in [-0.25, -0.2) is 0 Å². The Morgan fingerprint density at radius 2 is 2.11 bits per heavy atom. The van der Waals surface area contributed by atoms with Crippen LogP contribution in [0.3, 0.4) is 0 Å². The van der Waals surface area contributed by atoms with E-state index in [-0.39, 0.29) is 11.9 Å². The summed E-state index contributed by atoms with van der Waals surface area (Å²) in [7, 11) is 0. The van der Waals surface area contributed by atoms with E-state index in [1.807, 2.05) is 29.2 Å². The highest BCUT2D eigenvalue weighted by molar-refractivity contribution is 6.30. The van der Waals surface area contributed by atoms with Gasteiger partial charge in [0, 0.05) is 24.2 Å². The minimum atomic E-state index is 0.132. The van der Waals surface area contributed by atoms with Crippen molar-refractivity contribution >= 4 is 17.5 Å². The number of hydrogen-bond donors (Lipinski definition) is 1. The van der Waals surface area contributed by atoms with E-state index in [0.717, 1.165) is 36.5 Å². The Morgan fingerprint density at radius 3 is 2.79 bits per heavy atom. The maximum absolute atomic E-state index is 12.0. The average molecular weight is 281 g/mol. The standard InChI is InChI=1S/C15H21ClN2O/c1-12(13-6-5-7-14(16)10-13)17-11-15(19)18-8-3-2-4-9-18/h5-7,10,12,17H,2-4,8-9,11H2,1H3/t12-/m0/s1. The Labute approximate surface area is 119 Å². The summed E-state index contributed by atoms with van der Waals surface area (Å²) < 4.78 is 0. The predicted octanol–water partition coefficient (Wildman–Crippen LogP) is 3.00. The molecule has 2 rings (SSSR count). The first-order chi connectivity index (χ1) is 9.16. The molecule has 1 aromatic carbocycles. The van der Waals surface area contributed by atoms with Crippen molar-refractivity contribution in [2.75, 3.05) is 19.6 Å². The van der Waals surface area contributed by atoms with Crippen LogP contribution in [-0.2, 0) is 4.79 Å². The van der Waals surface area contributed by atoms with Crippen molar-refractivity contribution in [3.63, 3.8) is 0 Å². The van der Waals surface area contributed by atoms with Crippen LogP contribution in [0.25, 0.3) is 0 Å². The number of nitrogens with zero attached hydrogens (tertiary/aromatic N) is 1. The van der Waals surface area contributed by atoms with Gasteiger partial charge >= 0.3 is 0 Å². The number of piperidine rings is 1. The Morgan fingerprint density at radius 1 is 1.37 bits per heavy atom. The zero-order chi connectivity index (χ0) is 13.7. The fourth-order valence-electron chi connectivity index (χ4n) is 2.39. The molecule has 1 N–H and O–H groups in total. The molecule has 3 nitrogen and oxygen atoms in total. The topological polar surface area (TPSA) is 32.3 Å². The molecular formula is C15H21ClN2O. The molecule has 19 heavy (non-hydrogen) atoms. The molecule has 0 aliphatic carbocycles. The van der Waals surface area contributed by atoms with Crippen LogP contribution in [0.5, 0.6) is 0 Å². The monoisotopic (exact) mass is 280 g/mol. The third-order valence-corrected chi connectivity index (χ3v) is 3.85. The quantitative estimate of drug-likeness (QED) is 0.920. The first kappa shape index (κ1) is 14.4. The summed E-state index contributed by atoms with van der Waals surface area (Å²) in [5, 5.41) is 4.00. The zero-order valence-corrected chi connectivity index (χ0v) is 12.1. The van der Waals surface area contributed by atoms with Gasteiger partial charge in [-0.2, -0.15) is 0 Å². The van der Waals surface area contributed by atoms with Crippen LogP contribution in [0.4, 0.5) is 0 Å². The highest BCUT2D eigenvalue weighted by Gasteiger charge is 2.16. The largest absolute Gasteiger partial charge is 0.342 e. The Bertz CT molecular complexity index is 430. The lowest BCUT2D eigenvalue weighted by molar-refractivity contribution is -0.131. The second-order valence-corrected chi connectivity index (χ2v) is 5.54. The van der Waals surface area contributed by atoms with Gasteiger partial charge in [0.15, 0.2) is 0 Å². The summed E-state index contributed by atoms with van der Waals surface area (Å²) in [6, 6.07) is 7.88. The lowest BCUT2D eigenvalue weighted by atomic mass is 10.1. The molecule has 0 unspecified atom stereocenters. The number of carbonyl (C=O) groups is 1. The van der Waals surface area contributed by atoms with E-state index in [1.54, 1.807) is 0 Å². The lowest BCUT2D eigenvalue weighted by Crippen LogP contribution is -2.41. The molecule has 1 heterocycles. The number of benzene rings is 1. The van der Waals surface area contributed by atoms with E-state index in [0.29, 0.717) is 6.54 Å². The van der Waals surface area contributed by atoms with Crippen molar-refractivity contribution in [2.45, 2.75) is 32.2 Å². The summed E-state index contributed by atoms with van der Waals surface area (Å²) in [6.45, 7) is 4.26. The minimum Gasteiger partial charge on any atom is -0.342 e. The number of amides is 1. The lowest BCUT2D eigenvalue weighted by Gasteiger charge is -2.27. The van der Waals surface area contributed by atoms with Gasteiger partial charge in [-0.15, -0.1) is 0 Å². The Balaban J connectivity index is 1.82.